The normalized spacial score (nSPS) is 16.3. The molecule has 0 aromatic heterocycles. The van der Waals surface area contributed by atoms with Crippen molar-refractivity contribution in [2.75, 3.05) is 46.9 Å². The van der Waals surface area contributed by atoms with Crippen LogP contribution in [0.25, 0.3) is 0 Å². The largest absolute Gasteiger partial charge is 0.486 e. The van der Waals surface area contributed by atoms with E-state index in [1.54, 1.807) is 7.05 Å². The van der Waals surface area contributed by atoms with Gasteiger partial charge in [0, 0.05) is 20.1 Å². The van der Waals surface area contributed by atoms with Crippen LogP contribution in [0.15, 0.2) is 29.3 Å². The Kier molecular flexibility index (Phi) is 10.6. The van der Waals surface area contributed by atoms with Gasteiger partial charge in [-0.15, -0.1) is 24.0 Å². The Morgan fingerprint density at radius 1 is 1.24 bits per heavy atom. The topological polar surface area (TPSA) is 58.1 Å². The fourth-order valence-electron chi connectivity index (χ4n) is 2.50. The van der Waals surface area contributed by atoms with Crippen LogP contribution in [0.4, 0.5) is 0 Å². The van der Waals surface area contributed by atoms with Crippen molar-refractivity contribution in [1.82, 2.24) is 15.5 Å². The Morgan fingerprint density at radius 3 is 2.72 bits per heavy atom. The molecule has 0 bridgehead atoms. The predicted molar refractivity (Wildman–Crippen MR) is 114 cm³/mol. The van der Waals surface area contributed by atoms with Gasteiger partial charge in [-0.25, -0.2) is 0 Å². The minimum absolute atomic E-state index is 0. The fraction of sp³-hybridized carbons (Fsp3) is 0.611. The number of rotatable bonds is 8. The average molecular weight is 462 g/mol. The summed E-state index contributed by atoms with van der Waals surface area (Å²) in [5.74, 6) is 2.41. The molecule has 1 aromatic rings. The Balaban J connectivity index is 0.00000312. The molecule has 1 heterocycles. The maximum absolute atomic E-state index is 5.94. The van der Waals surface area contributed by atoms with E-state index in [9.17, 15) is 0 Å². The Labute approximate surface area is 168 Å². The molecule has 0 amide bonds. The zero-order valence-corrected chi connectivity index (χ0v) is 17.8. The quantitative estimate of drug-likeness (QED) is 0.353. The second-order valence-electron chi connectivity index (χ2n) is 6.03. The van der Waals surface area contributed by atoms with Crippen molar-refractivity contribution < 1.29 is 9.47 Å². The summed E-state index contributed by atoms with van der Waals surface area (Å²) < 4.78 is 11.7. The van der Waals surface area contributed by atoms with Crippen molar-refractivity contribution in [2.24, 2.45) is 4.99 Å². The summed E-state index contributed by atoms with van der Waals surface area (Å²) in [6, 6.07) is 7.76. The molecule has 0 saturated heterocycles. The Hall–Kier alpha value is -1.22. The molecule has 6 nitrogen and oxygen atoms in total. The third kappa shape index (κ3) is 7.68. The molecule has 7 heteroatoms. The third-order valence-corrected chi connectivity index (χ3v) is 3.97. The molecule has 25 heavy (non-hydrogen) atoms. The number of benzene rings is 1. The molecule has 1 aromatic carbocycles. The molecule has 0 fully saturated rings. The van der Waals surface area contributed by atoms with Gasteiger partial charge >= 0.3 is 0 Å². The highest BCUT2D eigenvalue weighted by atomic mass is 127. The second kappa shape index (κ2) is 12.2. The van der Waals surface area contributed by atoms with Gasteiger partial charge in [0.25, 0.3) is 0 Å². The number of fused-ring (bicyclic) bond motifs is 1. The van der Waals surface area contributed by atoms with Crippen molar-refractivity contribution >= 4 is 29.9 Å². The van der Waals surface area contributed by atoms with E-state index in [0.717, 1.165) is 37.1 Å². The van der Waals surface area contributed by atoms with Crippen LogP contribution in [-0.2, 0) is 0 Å². The standard InChI is InChI=1S/C18H30N4O2.HI/c1-4-5-11-22(3)12-10-20-18(19-2)21-13-15-14-23-16-8-6-7-9-17(16)24-15;/h6-9,15H,4-5,10-14H2,1-3H3,(H2,19,20,21);1H. The highest BCUT2D eigenvalue weighted by Gasteiger charge is 2.20. The van der Waals surface area contributed by atoms with E-state index in [1.807, 2.05) is 24.3 Å². The smallest absolute Gasteiger partial charge is 0.191 e. The molecular weight excluding hydrogens is 431 g/mol. The van der Waals surface area contributed by atoms with Crippen LogP contribution >= 0.6 is 24.0 Å². The number of ether oxygens (including phenoxy) is 2. The fourth-order valence-corrected chi connectivity index (χ4v) is 2.50. The lowest BCUT2D eigenvalue weighted by atomic mass is 10.2. The molecule has 0 saturated carbocycles. The molecule has 1 aliphatic rings. The monoisotopic (exact) mass is 462 g/mol. The highest BCUT2D eigenvalue weighted by Crippen LogP contribution is 2.30. The van der Waals surface area contributed by atoms with Crippen LogP contribution in [0.3, 0.4) is 0 Å². The second-order valence-corrected chi connectivity index (χ2v) is 6.03. The molecule has 2 rings (SSSR count). The van der Waals surface area contributed by atoms with Gasteiger partial charge in [-0.1, -0.05) is 25.5 Å². The maximum Gasteiger partial charge on any atom is 0.191 e. The lowest BCUT2D eigenvalue weighted by Crippen LogP contribution is -2.46. The molecular formula is C18H31IN4O2. The summed E-state index contributed by atoms with van der Waals surface area (Å²) in [6.07, 6.45) is 2.45. The minimum atomic E-state index is -0.0225. The number of nitrogens with one attached hydrogen (secondary N) is 2. The van der Waals surface area contributed by atoms with Gasteiger partial charge < -0.3 is 25.0 Å². The molecule has 0 radical (unpaired) electrons. The van der Waals surface area contributed by atoms with Crippen molar-refractivity contribution in [3.8, 4) is 11.5 Å². The van der Waals surface area contributed by atoms with E-state index in [2.05, 4.69) is 34.5 Å². The number of guanidine groups is 1. The molecule has 142 valence electrons. The first-order chi connectivity index (χ1) is 11.7. The van der Waals surface area contributed by atoms with E-state index in [-0.39, 0.29) is 30.1 Å². The number of hydrogen-bond acceptors (Lipinski definition) is 4. The van der Waals surface area contributed by atoms with Gasteiger partial charge in [-0.3, -0.25) is 4.99 Å². The molecule has 1 unspecified atom stereocenters. The van der Waals surface area contributed by atoms with E-state index >= 15 is 0 Å². The van der Waals surface area contributed by atoms with Gasteiger partial charge in [-0.05, 0) is 32.1 Å². The van der Waals surface area contributed by atoms with E-state index < -0.39 is 0 Å². The first-order valence-corrected chi connectivity index (χ1v) is 8.74. The van der Waals surface area contributed by atoms with Crippen LogP contribution in [0.2, 0.25) is 0 Å². The third-order valence-electron chi connectivity index (χ3n) is 3.97. The molecule has 0 aliphatic carbocycles. The summed E-state index contributed by atoms with van der Waals surface area (Å²) in [7, 11) is 3.93. The van der Waals surface area contributed by atoms with Gasteiger partial charge in [-0.2, -0.15) is 0 Å². The number of unbranched alkanes of at least 4 members (excludes halogenated alkanes) is 1. The number of para-hydroxylation sites is 2. The van der Waals surface area contributed by atoms with Crippen LogP contribution in [0.1, 0.15) is 19.8 Å². The van der Waals surface area contributed by atoms with Gasteiger partial charge in [0.2, 0.25) is 0 Å². The highest BCUT2D eigenvalue weighted by molar-refractivity contribution is 14.0. The van der Waals surface area contributed by atoms with Gasteiger partial charge in [0.15, 0.2) is 17.5 Å². The average Bonchev–Trinajstić information content (AvgIpc) is 2.62. The molecule has 1 atom stereocenters. The lowest BCUT2D eigenvalue weighted by Gasteiger charge is -2.27. The summed E-state index contributed by atoms with van der Waals surface area (Å²) >= 11 is 0. The number of hydrogen-bond donors (Lipinski definition) is 2. The summed E-state index contributed by atoms with van der Waals surface area (Å²) in [5, 5.41) is 6.64. The first kappa shape index (κ1) is 21.8. The van der Waals surface area contributed by atoms with Gasteiger partial charge in [0.1, 0.15) is 12.7 Å². The van der Waals surface area contributed by atoms with Crippen LogP contribution in [-0.4, -0.2) is 63.8 Å². The first-order valence-electron chi connectivity index (χ1n) is 8.74. The summed E-state index contributed by atoms with van der Waals surface area (Å²) in [4.78, 5) is 6.59. The van der Waals surface area contributed by atoms with Crippen molar-refractivity contribution in [3.05, 3.63) is 24.3 Å². The predicted octanol–water partition coefficient (Wildman–Crippen LogP) is 2.34. The summed E-state index contributed by atoms with van der Waals surface area (Å²) in [5.41, 5.74) is 0. The SMILES string of the molecule is CCCCN(C)CCNC(=NC)NCC1COc2ccccc2O1.I. The Morgan fingerprint density at radius 2 is 2.00 bits per heavy atom. The summed E-state index contributed by atoms with van der Waals surface area (Å²) in [6.45, 7) is 6.41. The van der Waals surface area contributed by atoms with Crippen molar-refractivity contribution in [3.63, 3.8) is 0 Å². The number of nitrogens with zero attached hydrogens (tertiary/aromatic N) is 2. The molecule has 0 spiro atoms. The number of likely N-dealkylation sites (N-methyl/N-ethyl adjacent to an activating group) is 1. The van der Waals surface area contributed by atoms with Crippen LogP contribution in [0.5, 0.6) is 11.5 Å². The zero-order chi connectivity index (χ0) is 17.2. The lowest BCUT2D eigenvalue weighted by molar-refractivity contribution is 0.0936. The maximum atomic E-state index is 5.94. The minimum Gasteiger partial charge on any atom is -0.486 e. The molecule has 2 N–H and O–H groups in total. The number of aliphatic imine (C=N–C) groups is 1. The van der Waals surface area contributed by atoms with Crippen molar-refractivity contribution in [1.29, 1.82) is 0 Å². The van der Waals surface area contributed by atoms with E-state index in [0.29, 0.717) is 13.2 Å². The van der Waals surface area contributed by atoms with E-state index in [4.69, 9.17) is 9.47 Å². The Bertz CT molecular complexity index is 528. The van der Waals surface area contributed by atoms with Crippen LogP contribution < -0.4 is 20.1 Å². The zero-order valence-electron chi connectivity index (χ0n) is 15.5. The number of halogens is 1. The van der Waals surface area contributed by atoms with E-state index in [1.165, 1.54) is 12.8 Å². The van der Waals surface area contributed by atoms with Crippen molar-refractivity contribution in [2.45, 2.75) is 25.9 Å². The van der Waals surface area contributed by atoms with Gasteiger partial charge in [0.05, 0.1) is 6.54 Å². The molecule has 1 aliphatic heterocycles. The van der Waals surface area contributed by atoms with Crippen LogP contribution in [0, 0.1) is 0 Å².